The number of anilines is 1. The van der Waals surface area contributed by atoms with Crippen LogP contribution in [0.15, 0.2) is 30.3 Å². The van der Waals surface area contributed by atoms with E-state index in [1.807, 2.05) is 30.3 Å². The van der Waals surface area contributed by atoms with E-state index in [0.717, 1.165) is 27.7 Å². The topological polar surface area (TPSA) is 68.0 Å². The van der Waals surface area contributed by atoms with E-state index in [-0.39, 0.29) is 5.91 Å². The Balaban J connectivity index is 1.76. The molecule has 1 aliphatic rings. The number of pyridine rings is 1. The Kier molecular flexibility index (Phi) is 2.82. The number of hydrogen-bond acceptors (Lipinski definition) is 4. The largest absolute Gasteiger partial charge is 0.397 e. The molecule has 1 aliphatic carbocycles. The van der Waals surface area contributed by atoms with E-state index in [2.05, 4.69) is 10.3 Å². The Labute approximate surface area is 126 Å². The number of benzene rings is 1. The number of carbonyl (C=O) groups is 1. The van der Waals surface area contributed by atoms with Crippen molar-refractivity contribution in [2.24, 2.45) is 5.92 Å². The highest BCUT2D eigenvalue weighted by atomic mass is 32.1. The van der Waals surface area contributed by atoms with E-state index in [1.54, 1.807) is 0 Å². The van der Waals surface area contributed by atoms with Crippen molar-refractivity contribution < 1.29 is 4.79 Å². The van der Waals surface area contributed by atoms with Crippen LogP contribution < -0.4 is 11.1 Å². The molecule has 106 valence electrons. The van der Waals surface area contributed by atoms with Crippen molar-refractivity contribution in [2.75, 3.05) is 12.3 Å². The molecular weight excluding hydrogens is 282 g/mol. The van der Waals surface area contributed by atoms with Crippen LogP contribution in [0, 0.1) is 5.92 Å². The molecule has 0 atom stereocenters. The Hall–Kier alpha value is -2.14. The van der Waals surface area contributed by atoms with Crippen LogP contribution in [-0.4, -0.2) is 17.4 Å². The van der Waals surface area contributed by atoms with Crippen molar-refractivity contribution in [1.29, 1.82) is 0 Å². The number of fused-ring (bicyclic) bond motifs is 2. The zero-order valence-electron chi connectivity index (χ0n) is 11.4. The van der Waals surface area contributed by atoms with E-state index in [9.17, 15) is 4.79 Å². The van der Waals surface area contributed by atoms with Crippen molar-refractivity contribution in [3.05, 3.63) is 35.2 Å². The van der Waals surface area contributed by atoms with Crippen LogP contribution in [0.1, 0.15) is 22.5 Å². The number of nitrogens with one attached hydrogen (secondary N) is 1. The lowest BCUT2D eigenvalue weighted by Gasteiger charge is -2.02. The standard InChI is InChI=1S/C16H15N3OS/c17-13-11-7-10-3-1-2-4-12(10)19-16(11)21-14(13)15(20)18-8-9-5-6-9/h1-4,7,9H,5-6,8,17H2,(H,18,20). The zero-order valence-corrected chi connectivity index (χ0v) is 12.2. The molecule has 0 saturated heterocycles. The molecule has 3 aromatic rings. The Morgan fingerprint density at radius 3 is 3.00 bits per heavy atom. The zero-order chi connectivity index (χ0) is 14.4. The minimum absolute atomic E-state index is 0.0774. The lowest BCUT2D eigenvalue weighted by atomic mass is 10.1. The van der Waals surface area contributed by atoms with Gasteiger partial charge in [0, 0.05) is 17.3 Å². The van der Waals surface area contributed by atoms with Gasteiger partial charge in [0.1, 0.15) is 9.71 Å². The molecule has 4 rings (SSSR count). The summed E-state index contributed by atoms with van der Waals surface area (Å²) in [6, 6.07) is 9.92. The van der Waals surface area contributed by atoms with Crippen LogP contribution in [0.4, 0.5) is 5.69 Å². The summed E-state index contributed by atoms with van der Waals surface area (Å²) in [5, 5.41) is 4.88. The molecule has 0 radical (unpaired) electrons. The van der Waals surface area contributed by atoms with Crippen molar-refractivity contribution in [3.8, 4) is 0 Å². The van der Waals surface area contributed by atoms with Crippen LogP contribution in [0.5, 0.6) is 0 Å². The third-order valence-electron chi connectivity index (χ3n) is 3.88. The maximum Gasteiger partial charge on any atom is 0.263 e. The van der Waals surface area contributed by atoms with E-state index in [0.29, 0.717) is 16.5 Å². The SMILES string of the molecule is Nc1c(C(=O)NCC2CC2)sc2nc3ccccc3cc12. The number of para-hydroxylation sites is 1. The highest BCUT2D eigenvalue weighted by molar-refractivity contribution is 7.21. The van der Waals surface area contributed by atoms with Crippen molar-refractivity contribution in [3.63, 3.8) is 0 Å². The number of amides is 1. The van der Waals surface area contributed by atoms with Gasteiger partial charge in [-0.3, -0.25) is 4.79 Å². The van der Waals surface area contributed by atoms with Crippen LogP contribution >= 0.6 is 11.3 Å². The molecule has 2 aromatic heterocycles. The average molecular weight is 297 g/mol. The lowest BCUT2D eigenvalue weighted by molar-refractivity contribution is 0.0956. The number of nitrogens with two attached hydrogens (primary N) is 1. The van der Waals surface area contributed by atoms with Gasteiger partial charge in [0.2, 0.25) is 0 Å². The highest BCUT2D eigenvalue weighted by Gasteiger charge is 2.23. The second-order valence-corrected chi connectivity index (χ2v) is 6.53. The molecule has 0 unspecified atom stereocenters. The highest BCUT2D eigenvalue weighted by Crippen LogP contribution is 2.34. The number of nitrogen functional groups attached to an aromatic ring is 1. The summed E-state index contributed by atoms with van der Waals surface area (Å²) in [5.41, 5.74) is 7.63. The number of aromatic nitrogens is 1. The van der Waals surface area contributed by atoms with Gasteiger partial charge in [-0.2, -0.15) is 0 Å². The first-order valence-corrected chi connectivity index (χ1v) is 7.90. The van der Waals surface area contributed by atoms with Crippen LogP contribution in [0.25, 0.3) is 21.1 Å². The molecular formula is C16H15N3OS. The number of rotatable bonds is 3. The molecule has 3 N–H and O–H groups in total. The molecule has 1 aromatic carbocycles. The molecule has 0 spiro atoms. The maximum absolute atomic E-state index is 12.3. The lowest BCUT2D eigenvalue weighted by Crippen LogP contribution is -2.25. The molecule has 0 bridgehead atoms. The summed E-state index contributed by atoms with van der Waals surface area (Å²) in [6.45, 7) is 0.752. The second-order valence-electron chi connectivity index (χ2n) is 5.53. The number of carbonyl (C=O) groups excluding carboxylic acids is 1. The molecule has 5 heteroatoms. The van der Waals surface area contributed by atoms with Gasteiger partial charge in [-0.15, -0.1) is 11.3 Å². The van der Waals surface area contributed by atoms with E-state index < -0.39 is 0 Å². The predicted molar refractivity (Wildman–Crippen MR) is 86.6 cm³/mol. The van der Waals surface area contributed by atoms with E-state index in [1.165, 1.54) is 24.2 Å². The quantitative estimate of drug-likeness (QED) is 0.780. The molecule has 21 heavy (non-hydrogen) atoms. The Bertz CT molecular complexity index is 851. The van der Waals surface area contributed by atoms with Gasteiger partial charge in [0.25, 0.3) is 5.91 Å². The summed E-state index contributed by atoms with van der Waals surface area (Å²) in [7, 11) is 0. The summed E-state index contributed by atoms with van der Waals surface area (Å²) >= 11 is 1.37. The van der Waals surface area contributed by atoms with Gasteiger partial charge in [-0.25, -0.2) is 4.98 Å². The van der Waals surface area contributed by atoms with Gasteiger partial charge in [-0.05, 0) is 30.9 Å². The molecule has 2 heterocycles. The third-order valence-corrected chi connectivity index (χ3v) is 4.99. The van der Waals surface area contributed by atoms with Gasteiger partial charge in [0.15, 0.2) is 0 Å². The van der Waals surface area contributed by atoms with Crippen LogP contribution in [-0.2, 0) is 0 Å². The summed E-state index contributed by atoms with van der Waals surface area (Å²) in [5.74, 6) is 0.580. The minimum Gasteiger partial charge on any atom is -0.397 e. The van der Waals surface area contributed by atoms with Gasteiger partial charge < -0.3 is 11.1 Å². The van der Waals surface area contributed by atoms with Gasteiger partial charge in [0.05, 0.1) is 11.2 Å². The molecule has 4 nitrogen and oxygen atoms in total. The van der Waals surface area contributed by atoms with Crippen LogP contribution in [0.3, 0.4) is 0 Å². The van der Waals surface area contributed by atoms with Crippen molar-refractivity contribution >= 4 is 44.1 Å². The fourth-order valence-corrected chi connectivity index (χ4v) is 3.45. The predicted octanol–water partition coefficient (Wildman–Crippen LogP) is 3.17. The van der Waals surface area contributed by atoms with Gasteiger partial charge in [-0.1, -0.05) is 18.2 Å². The van der Waals surface area contributed by atoms with Gasteiger partial charge >= 0.3 is 0 Å². The van der Waals surface area contributed by atoms with Crippen LogP contribution in [0.2, 0.25) is 0 Å². The first-order chi connectivity index (χ1) is 10.2. The van der Waals surface area contributed by atoms with E-state index >= 15 is 0 Å². The second kappa shape index (κ2) is 4.70. The monoisotopic (exact) mass is 297 g/mol. The maximum atomic E-state index is 12.3. The first kappa shape index (κ1) is 12.6. The Morgan fingerprint density at radius 1 is 1.38 bits per heavy atom. The molecule has 1 fully saturated rings. The van der Waals surface area contributed by atoms with E-state index in [4.69, 9.17) is 5.73 Å². The normalized spacial score (nSPS) is 14.7. The summed E-state index contributed by atoms with van der Waals surface area (Å²) in [6.07, 6.45) is 2.43. The summed E-state index contributed by atoms with van der Waals surface area (Å²) in [4.78, 5) is 18.3. The smallest absolute Gasteiger partial charge is 0.263 e. The summed E-state index contributed by atoms with van der Waals surface area (Å²) < 4.78 is 0. The van der Waals surface area contributed by atoms with Crippen molar-refractivity contribution in [2.45, 2.75) is 12.8 Å². The third kappa shape index (κ3) is 2.23. The fourth-order valence-electron chi connectivity index (χ4n) is 2.45. The molecule has 1 saturated carbocycles. The average Bonchev–Trinajstić information content (AvgIpc) is 3.28. The fraction of sp³-hybridized carbons (Fsp3) is 0.250. The number of thiophene rings is 1. The Morgan fingerprint density at radius 2 is 2.19 bits per heavy atom. The molecule has 1 amide bonds. The van der Waals surface area contributed by atoms with Crippen molar-refractivity contribution in [1.82, 2.24) is 10.3 Å². The first-order valence-electron chi connectivity index (χ1n) is 7.08. The molecule has 0 aliphatic heterocycles. The number of hydrogen-bond donors (Lipinski definition) is 2. The number of nitrogens with zero attached hydrogens (tertiary/aromatic N) is 1. The minimum atomic E-state index is -0.0774.